The molecule has 3 atom stereocenters. The van der Waals surface area contributed by atoms with E-state index in [1.54, 1.807) is 20.9 Å². The van der Waals surface area contributed by atoms with Gasteiger partial charge < -0.3 is 10.4 Å². The Bertz CT molecular complexity index is 786. The van der Waals surface area contributed by atoms with E-state index in [1.807, 2.05) is 0 Å². The summed E-state index contributed by atoms with van der Waals surface area (Å²) >= 11 is 0. The van der Waals surface area contributed by atoms with Crippen LogP contribution in [0, 0.1) is 19.8 Å². The van der Waals surface area contributed by atoms with E-state index in [9.17, 15) is 18.0 Å². The minimum absolute atomic E-state index is 0.0546. The van der Waals surface area contributed by atoms with Gasteiger partial charge in [0.25, 0.3) is 0 Å². The first-order valence-corrected chi connectivity index (χ1v) is 9.58. The van der Waals surface area contributed by atoms with Gasteiger partial charge in [0.05, 0.1) is 23.3 Å². The van der Waals surface area contributed by atoms with Crippen molar-refractivity contribution in [2.24, 2.45) is 13.0 Å². The average molecular weight is 372 g/mol. The van der Waals surface area contributed by atoms with Crippen molar-refractivity contribution >= 4 is 21.9 Å². The second-order valence-electron chi connectivity index (χ2n) is 6.46. The van der Waals surface area contributed by atoms with Gasteiger partial charge in [-0.15, -0.1) is 0 Å². The molecule has 2 rings (SSSR count). The van der Waals surface area contributed by atoms with Crippen molar-refractivity contribution in [1.82, 2.24) is 19.8 Å². The molecular weight excluding hydrogens is 348 g/mol. The summed E-state index contributed by atoms with van der Waals surface area (Å²) in [4.78, 5) is 23.5. The number of hydrogen-bond donors (Lipinski definition) is 3. The summed E-state index contributed by atoms with van der Waals surface area (Å²) in [5.41, 5.74) is 0.821. The normalized spacial score (nSPS) is 21.9. The highest BCUT2D eigenvalue weighted by Crippen LogP contribution is 2.26. The largest absolute Gasteiger partial charge is 0.481 e. The first kappa shape index (κ1) is 19.4. The quantitative estimate of drug-likeness (QED) is 0.648. The lowest BCUT2D eigenvalue weighted by Gasteiger charge is -2.21. The molecule has 0 aromatic carbocycles. The Balaban J connectivity index is 2.09. The van der Waals surface area contributed by atoms with Crippen LogP contribution in [0.15, 0.2) is 4.90 Å². The van der Waals surface area contributed by atoms with Crippen LogP contribution in [0.2, 0.25) is 0 Å². The standard InChI is InChI=1S/C15H24N4O5S/c1-8-13(10(3)19(4)17-8)25(23,24)18-9(2)14(20)16-12-7-5-6-11(12)15(21)22/h9,11-12,18H,5-7H2,1-4H3,(H,16,20)(H,21,22)/t9?,11-,12+/m0/s1. The maximum absolute atomic E-state index is 12.6. The Labute approximate surface area is 146 Å². The van der Waals surface area contributed by atoms with Crippen LogP contribution in [0.5, 0.6) is 0 Å². The second kappa shape index (κ2) is 7.12. The number of carboxylic acids is 1. The molecule has 0 spiro atoms. The summed E-state index contributed by atoms with van der Waals surface area (Å²) in [5, 5.41) is 15.9. The Morgan fingerprint density at radius 1 is 1.32 bits per heavy atom. The fourth-order valence-electron chi connectivity index (χ4n) is 3.22. The average Bonchev–Trinajstić information content (AvgIpc) is 3.03. The monoisotopic (exact) mass is 372 g/mol. The van der Waals surface area contributed by atoms with E-state index in [1.165, 1.54) is 11.6 Å². The zero-order valence-corrected chi connectivity index (χ0v) is 15.6. The van der Waals surface area contributed by atoms with Gasteiger partial charge in [0.2, 0.25) is 15.9 Å². The highest BCUT2D eigenvalue weighted by atomic mass is 32.2. The molecule has 1 saturated carbocycles. The SMILES string of the molecule is Cc1nn(C)c(C)c1S(=O)(=O)NC(C)C(=O)N[C@@H]1CCC[C@@H]1C(=O)O. The van der Waals surface area contributed by atoms with Crippen molar-refractivity contribution in [3.05, 3.63) is 11.4 Å². The number of aryl methyl sites for hydroxylation is 2. The molecule has 9 nitrogen and oxygen atoms in total. The molecule has 10 heteroatoms. The molecule has 1 aromatic heterocycles. The summed E-state index contributed by atoms with van der Waals surface area (Å²) in [6.45, 7) is 4.65. The number of amides is 1. The molecule has 1 aliphatic rings. The van der Waals surface area contributed by atoms with Crippen molar-refractivity contribution < 1.29 is 23.1 Å². The number of carboxylic acid groups (broad SMARTS) is 1. The molecule has 0 aliphatic heterocycles. The van der Waals surface area contributed by atoms with Crippen molar-refractivity contribution in [3.8, 4) is 0 Å². The predicted octanol–water partition coefficient (Wildman–Crippen LogP) is 0.0732. The third kappa shape index (κ3) is 4.01. The van der Waals surface area contributed by atoms with E-state index in [0.717, 1.165) is 6.42 Å². The summed E-state index contributed by atoms with van der Waals surface area (Å²) in [6.07, 6.45) is 1.80. The highest BCUT2D eigenvalue weighted by Gasteiger charge is 2.35. The summed E-state index contributed by atoms with van der Waals surface area (Å²) in [6, 6.07) is -1.50. The first-order chi connectivity index (χ1) is 11.5. The topological polar surface area (TPSA) is 130 Å². The lowest BCUT2D eigenvalue weighted by molar-refractivity contribution is -0.142. The van der Waals surface area contributed by atoms with E-state index in [4.69, 9.17) is 5.11 Å². The van der Waals surface area contributed by atoms with Crippen LogP contribution in [0.25, 0.3) is 0 Å². The first-order valence-electron chi connectivity index (χ1n) is 8.10. The van der Waals surface area contributed by atoms with Crippen molar-refractivity contribution in [2.75, 3.05) is 0 Å². The number of aliphatic carboxylic acids is 1. The molecule has 1 unspecified atom stereocenters. The van der Waals surface area contributed by atoms with Crippen LogP contribution in [0.1, 0.15) is 37.6 Å². The number of sulfonamides is 1. The zero-order valence-electron chi connectivity index (χ0n) is 14.7. The van der Waals surface area contributed by atoms with Crippen LogP contribution in [-0.4, -0.2) is 47.3 Å². The smallest absolute Gasteiger partial charge is 0.308 e. The highest BCUT2D eigenvalue weighted by molar-refractivity contribution is 7.89. The molecule has 0 saturated heterocycles. The number of carbonyl (C=O) groups excluding carboxylic acids is 1. The Morgan fingerprint density at radius 2 is 1.96 bits per heavy atom. The van der Waals surface area contributed by atoms with Gasteiger partial charge in [-0.05, 0) is 33.6 Å². The van der Waals surface area contributed by atoms with Crippen LogP contribution in [0.4, 0.5) is 0 Å². The number of hydrogen-bond acceptors (Lipinski definition) is 5. The van der Waals surface area contributed by atoms with Crippen molar-refractivity contribution in [3.63, 3.8) is 0 Å². The maximum atomic E-state index is 12.6. The zero-order chi connectivity index (χ0) is 18.9. The third-order valence-electron chi connectivity index (χ3n) is 4.60. The fraction of sp³-hybridized carbons (Fsp3) is 0.667. The van der Waals surface area contributed by atoms with E-state index >= 15 is 0 Å². The molecule has 0 bridgehead atoms. The van der Waals surface area contributed by atoms with E-state index in [-0.39, 0.29) is 4.90 Å². The summed E-state index contributed by atoms with van der Waals surface area (Å²) < 4.78 is 29.0. The number of rotatable bonds is 6. The number of nitrogens with zero attached hydrogens (tertiary/aromatic N) is 2. The fourth-order valence-corrected chi connectivity index (χ4v) is 4.87. The van der Waals surface area contributed by atoms with Crippen LogP contribution >= 0.6 is 0 Å². The van der Waals surface area contributed by atoms with Gasteiger partial charge in [-0.2, -0.15) is 9.82 Å². The molecule has 3 N–H and O–H groups in total. The molecular formula is C15H24N4O5S. The van der Waals surface area contributed by atoms with Gasteiger partial charge in [-0.1, -0.05) is 6.42 Å². The lowest BCUT2D eigenvalue weighted by atomic mass is 10.0. The van der Waals surface area contributed by atoms with Gasteiger partial charge in [-0.3, -0.25) is 14.3 Å². The van der Waals surface area contributed by atoms with Crippen LogP contribution in [0.3, 0.4) is 0 Å². The molecule has 0 radical (unpaired) electrons. The molecule has 25 heavy (non-hydrogen) atoms. The maximum Gasteiger partial charge on any atom is 0.308 e. The van der Waals surface area contributed by atoms with Gasteiger partial charge in [0, 0.05) is 13.1 Å². The van der Waals surface area contributed by atoms with Crippen LogP contribution < -0.4 is 10.0 Å². The van der Waals surface area contributed by atoms with E-state index in [0.29, 0.717) is 24.2 Å². The number of carbonyl (C=O) groups is 2. The molecule has 1 aromatic rings. The minimum atomic E-state index is -3.92. The van der Waals surface area contributed by atoms with Gasteiger partial charge >= 0.3 is 5.97 Å². The molecule has 140 valence electrons. The van der Waals surface area contributed by atoms with E-state index in [2.05, 4.69) is 15.1 Å². The molecule has 1 heterocycles. The Kier molecular flexibility index (Phi) is 5.52. The Hall–Kier alpha value is -1.94. The minimum Gasteiger partial charge on any atom is -0.481 e. The third-order valence-corrected chi connectivity index (χ3v) is 6.39. The number of nitrogens with one attached hydrogen (secondary N) is 2. The molecule has 1 amide bonds. The van der Waals surface area contributed by atoms with Gasteiger partial charge in [0.1, 0.15) is 4.90 Å². The number of aromatic nitrogens is 2. The Morgan fingerprint density at radius 3 is 2.48 bits per heavy atom. The predicted molar refractivity (Wildman–Crippen MR) is 89.4 cm³/mol. The van der Waals surface area contributed by atoms with E-state index < -0.39 is 39.9 Å². The van der Waals surface area contributed by atoms with Gasteiger partial charge in [0.15, 0.2) is 0 Å². The summed E-state index contributed by atoms with van der Waals surface area (Å²) in [5.74, 6) is -2.12. The molecule has 1 aliphatic carbocycles. The van der Waals surface area contributed by atoms with Crippen molar-refractivity contribution in [1.29, 1.82) is 0 Å². The second-order valence-corrected chi connectivity index (χ2v) is 8.11. The van der Waals surface area contributed by atoms with Crippen LogP contribution in [-0.2, 0) is 26.7 Å². The lowest BCUT2D eigenvalue weighted by Crippen LogP contribution is -2.49. The van der Waals surface area contributed by atoms with Crippen molar-refractivity contribution in [2.45, 2.75) is 57.0 Å². The van der Waals surface area contributed by atoms with Gasteiger partial charge in [-0.25, -0.2) is 8.42 Å². The molecule has 1 fully saturated rings. The summed E-state index contributed by atoms with van der Waals surface area (Å²) in [7, 11) is -2.28.